The summed E-state index contributed by atoms with van der Waals surface area (Å²) in [7, 11) is 2.07. The SMILES string of the molecule is CCC(=O)OCCN(CCOC(=O)CC)C(=O)CN1CCN(C)CC1. The summed E-state index contributed by atoms with van der Waals surface area (Å²) >= 11 is 0. The highest BCUT2D eigenvalue weighted by molar-refractivity contribution is 5.78. The topological polar surface area (TPSA) is 79.4 Å². The molecule has 0 atom stereocenters. The minimum Gasteiger partial charge on any atom is -0.464 e. The van der Waals surface area contributed by atoms with Crippen molar-refractivity contribution in [2.45, 2.75) is 26.7 Å². The van der Waals surface area contributed by atoms with E-state index < -0.39 is 0 Å². The van der Waals surface area contributed by atoms with Crippen LogP contribution in [0.3, 0.4) is 0 Å². The number of likely N-dealkylation sites (N-methyl/N-ethyl adjacent to an activating group) is 1. The Balaban J connectivity index is 2.47. The Kier molecular flexibility index (Phi) is 10.1. The van der Waals surface area contributed by atoms with Crippen LogP contribution in [0.2, 0.25) is 0 Å². The average Bonchev–Trinajstić information content (AvgIpc) is 2.61. The van der Waals surface area contributed by atoms with Gasteiger partial charge >= 0.3 is 11.9 Å². The lowest BCUT2D eigenvalue weighted by molar-refractivity contribution is -0.147. The van der Waals surface area contributed by atoms with E-state index in [-0.39, 0.29) is 31.1 Å². The molecule has 0 spiro atoms. The number of esters is 2. The molecule has 8 heteroatoms. The Labute approximate surface area is 150 Å². The summed E-state index contributed by atoms with van der Waals surface area (Å²) in [6.07, 6.45) is 0.618. The summed E-state index contributed by atoms with van der Waals surface area (Å²) < 4.78 is 10.1. The molecule has 1 heterocycles. The van der Waals surface area contributed by atoms with Crippen molar-refractivity contribution in [3.05, 3.63) is 0 Å². The zero-order chi connectivity index (χ0) is 18.7. The second-order valence-electron chi connectivity index (χ2n) is 6.11. The van der Waals surface area contributed by atoms with Crippen molar-refractivity contribution < 1.29 is 23.9 Å². The molecule has 1 amide bonds. The summed E-state index contributed by atoms with van der Waals surface area (Å²) in [5.41, 5.74) is 0. The number of rotatable bonds is 10. The Bertz CT molecular complexity index is 414. The first kappa shape index (κ1) is 21.4. The van der Waals surface area contributed by atoms with E-state index in [1.807, 2.05) is 0 Å². The summed E-state index contributed by atoms with van der Waals surface area (Å²) in [6.45, 7) is 8.29. The number of hydrogen-bond acceptors (Lipinski definition) is 7. The first-order chi connectivity index (χ1) is 12.0. The van der Waals surface area contributed by atoms with Gasteiger partial charge in [-0.3, -0.25) is 19.3 Å². The van der Waals surface area contributed by atoms with Crippen molar-refractivity contribution in [3.63, 3.8) is 0 Å². The van der Waals surface area contributed by atoms with Gasteiger partial charge in [-0.25, -0.2) is 0 Å². The highest BCUT2D eigenvalue weighted by atomic mass is 16.5. The minimum absolute atomic E-state index is 0.0374. The smallest absolute Gasteiger partial charge is 0.305 e. The van der Waals surface area contributed by atoms with E-state index in [1.54, 1.807) is 18.7 Å². The van der Waals surface area contributed by atoms with E-state index >= 15 is 0 Å². The van der Waals surface area contributed by atoms with Gasteiger partial charge in [-0.15, -0.1) is 0 Å². The number of nitrogens with zero attached hydrogens (tertiary/aromatic N) is 3. The van der Waals surface area contributed by atoms with Crippen LogP contribution in [0.25, 0.3) is 0 Å². The van der Waals surface area contributed by atoms with Gasteiger partial charge < -0.3 is 19.3 Å². The van der Waals surface area contributed by atoms with Crippen LogP contribution in [0.4, 0.5) is 0 Å². The van der Waals surface area contributed by atoms with E-state index in [1.165, 1.54) is 0 Å². The first-order valence-corrected chi connectivity index (χ1v) is 8.96. The molecule has 1 fully saturated rings. The number of carbonyl (C=O) groups excluding carboxylic acids is 3. The third kappa shape index (κ3) is 8.83. The lowest BCUT2D eigenvalue weighted by Crippen LogP contribution is -2.49. The molecule has 0 radical (unpaired) electrons. The third-order valence-electron chi connectivity index (χ3n) is 4.13. The largest absolute Gasteiger partial charge is 0.464 e. The zero-order valence-corrected chi connectivity index (χ0v) is 15.7. The fourth-order valence-corrected chi connectivity index (χ4v) is 2.40. The minimum atomic E-state index is -0.288. The molecule has 0 bridgehead atoms. The maximum Gasteiger partial charge on any atom is 0.305 e. The van der Waals surface area contributed by atoms with Gasteiger partial charge in [0.05, 0.1) is 19.6 Å². The number of amides is 1. The molecular formula is C17H31N3O5. The third-order valence-corrected chi connectivity index (χ3v) is 4.13. The van der Waals surface area contributed by atoms with Crippen LogP contribution in [-0.2, 0) is 23.9 Å². The van der Waals surface area contributed by atoms with Crippen LogP contribution < -0.4 is 0 Å². The molecule has 144 valence electrons. The molecule has 1 saturated heterocycles. The second kappa shape index (κ2) is 11.8. The lowest BCUT2D eigenvalue weighted by Gasteiger charge is -2.33. The fourth-order valence-electron chi connectivity index (χ4n) is 2.40. The van der Waals surface area contributed by atoms with Crippen molar-refractivity contribution >= 4 is 17.8 Å². The van der Waals surface area contributed by atoms with Crippen molar-refractivity contribution in [2.24, 2.45) is 0 Å². The van der Waals surface area contributed by atoms with Crippen LogP contribution in [-0.4, -0.2) is 98.6 Å². The maximum absolute atomic E-state index is 12.6. The van der Waals surface area contributed by atoms with Crippen LogP contribution >= 0.6 is 0 Å². The van der Waals surface area contributed by atoms with Gasteiger partial charge in [0.25, 0.3) is 0 Å². The number of ether oxygens (including phenoxy) is 2. The predicted molar refractivity (Wildman–Crippen MR) is 93.0 cm³/mol. The summed E-state index contributed by atoms with van der Waals surface area (Å²) in [6, 6.07) is 0. The van der Waals surface area contributed by atoms with Gasteiger partial charge in [0.1, 0.15) is 13.2 Å². The number of piperazine rings is 1. The van der Waals surface area contributed by atoms with Crippen LogP contribution in [0.15, 0.2) is 0 Å². The van der Waals surface area contributed by atoms with Crippen molar-refractivity contribution in [1.82, 2.24) is 14.7 Å². The van der Waals surface area contributed by atoms with E-state index in [0.29, 0.717) is 32.5 Å². The van der Waals surface area contributed by atoms with E-state index in [2.05, 4.69) is 16.8 Å². The van der Waals surface area contributed by atoms with E-state index in [0.717, 1.165) is 26.2 Å². The zero-order valence-electron chi connectivity index (χ0n) is 15.7. The molecule has 0 aliphatic carbocycles. The Morgan fingerprint density at radius 3 is 1.80 bits per heavy atom. The first-order valence-electron chi connectivity index (χ1n) is 8.96. The monoisotopic (exact) mass is 357 g/mol. The van der Waals surface area contributed by atoms with Crippen LogP contribution in [0.1, 0.15) is 26.7 Å². The highest BCUT2D eigenvalue weighted by Gasteiger charge is 2.21. The highest BCUT2D eigenvalue weighted by Crippen LogP contribution is 2.02. The molecule has 8 nitrogen and oxygen atoms in total. The molecule has 25 heavy (non-hydrogen) atoms. The molecule has 1 rings (SSSR count). The van der Waals surface area contributed by atoms with Crippen LogP contribution in [0, 0.1) is 0 Å². The van der Waals surface area contributed by atoms with E-state index in [4.69, 9.17) is 9.47 Å². The van der Waals surface area contributed by atoms with Gasteiger partial charge in [0.15, 0.2) is 0 Å². The predicted octanol–water partition coefficient (Wildman–Crippen LogP) is -0.0312. The Morgan fingerprint density at radius 1 is 0.880 bits per heavy atom. The Hall–Kier alpha value is -1.67. The molecule has 0 unspecified atom stereocenters. The molecule has 1 aliphatic heterocycles. The molecule has 0 saturated carbocycles. The molecule has 1 aliphatic rings. The van der Waals surface area contributed by atoms with Gasteiger partial charge in [-0.1, -0.05) is 13.8 Å². The quantitative estimate of drug-likeness (QED) is 0.508. The van der Waals surface area contributed by atoms with Crippen molar-refractivity contribution in [2.75, 3.05) is 66.1 Å². The average molecular weight is 357 g/mol. The summed E-state index contributed by atoms with van der Waals surface area (Å²) in [5.74, 6) is -0.614. The maximum atomic E-state index is 12.6. The molecule has 0 aromatic heterocycles. The lowest BCUT2D eigenvalue weighted by atomic mass is 10.3. The van der Waals surface area contributed by atoms with Gasteiger partial charge in [-0.05, 0) is 7.05 Å². The fraction of sp³-hybridized carbons (Fsp3) is 0.824. The number of carbonyl (C=O) groups is 3. The molecule has 0 aromatic carbocycles. The van der Waals surface area contributed by atoms with Gasteiger partial charge in [-0.2, -0.15) is 0 Å². The second-order valence-corrected chi connectivity index (χ2v) is 6.11. The molecular weight excluding hydrogens is 326 g/mol. The van der Waals surface area contributed by atoms with Crippen LogP contribution in [0.5, 0.6) is 0 Å². The van der Waals surface area contributed by atoms with E-state index in [9.17, 15) is 14.4 Å². The molecule has 0 N–H and O–H groups in total. The standard InChI is InChI=1S/C17H31N3O5/c1-4-16(22)24-12-10-20(11-13-25-17(23)5-2)15(21)14-19-8-6-18(3)7-9-19/h4-14H2,1-3H3. The van der Waals surface area contributed by atoms with Crippen molar-refractivity contribution in [3.8, 4) is 0 Å². The van der Waals surface area contributed by atoms with Crippen molar-refractivity contribution in [1.29, 1.82) is 0 Å². The summed E-state index contributed by atoms with van der Waals surface area (Å²) in [4.78, 5) is 41.0. The molecule has 0 aromatic rings. The number of hydrogen-bond donors (Lipinski definition) is 0. The van der Waals surface area contributed by atoms with Gasteiger partial charge in [0.2, 0.25) is 5.91 Å². The summed E-state index contributed by atoms with van der Waals surface area (Å²) in [5, 5.41) is 0. The Morgan fingerprint density at radius 2 is 1.36 bits per heavy atom. The normalized spacial score (nSPS) is 15.6. The van der Waals surface area contributed by atoms with Gasteiger partial charge in [0, 0.05) is 39.0 Å².